The van der Waals surface area contributed by atoms with Crippen LogP contribution in [0, 0.1) is 0 Å². The molecule has 0 aliphatic carbocycles. The van der Waals surface area contributed by atoms with E-state index in [-0.39, 0.29) is 40.9 Å². The van der Waals surface area contributed by atoms with E-state index >= 15 is 0 Å². The van der Waals surface area contributed by atoms with Crippen LogP contribution in [-0.4, -0.2) is 17.6 Å². The molecule has 0 aromatic heterocycles. The Kier molecular flexibility index (Phi) is 6.88. The summed E-state index contributed by atoms with van der Waals surface area (Å²) in [6, 6.07) is 4.24. The summed E-state index contributed by atoms with van der Waals surface area (Å²) in [5.74, 6) is -1.67. The molecule has 0 heterocycles. The van der Waals surface area contributed by atoms with Crippen molar-refractivity contribution >= 4 is 11.7 Å². The summed E-state index contributed by atoms with van der Waals surface area (Å²) in [6.45, 7) is 2.53. The van der Waals surface area contributed by atoms with Crippen LogP contribution in [0.3, 0.4) is 0 Å². The van der Waals surface area contributed by atoms with Crippen LogP contribution >= 0.6 is 0 Å². The SMILES string of the molecule is CC=CCNc1ccc(C(=O)[O-])c(O)c1.[Na+]. The number of hydrogen-bond acceptors (Lipinski definition) is 4. The monoisotopic (exact) mass is 229 g/mol. The molecule has 0 saturated heterocycles. The third-order valence-corrected chi connectivity index (χ3v) is 1.88. The first-order chi connectivity index (χ1) is 7.15. The van der Waals surface area contributed by atoms with Crippen LogP contribution in [0.2, 0.25) is 0 Å². The summed E-state index contributed by atoms with van der Waals surface area (Å²) >= 11 is 0. The number of aromatic carboxylic acids is 1. The number of benzene rings is 1. The van der Waals surface area contributed by atoms with E-state index in [1.54, 1.807) is 6.07 Å². The Morgan fingerprint density at radius 1 is 1.56 bits per heavy atom. The van der Waals surface area contributed by atoms with Crippen LogP contribution in [-0.2, 0) is 0 Å². The van der Waals surface area contributed by atoms with E-state index in [9.17, 15) is 15.0 Å². The maximum atomic E-state index is 10.5. The fraction of sp³-hybridized carbons (Fsp3) is 0.182. The van der Waals surface area contributed by atoms with Gasteiger partial charge in [0.2, 0.25) is 0 Å². The Morgan fingerprint density at radius 2 is 2.25 bits per heavy atom. The van der Waals surface area contributed by atoms with Gasteiger partial charge in [-0.2, -0.15) is 0 Å². The molecular weight excluding hydrogens is 217 g/mol. The van der Waals surface area contributed by atoms with E-state index in [2.05, 4.69) is 5.32 Å². The normalized spacial score (nSPS) is 9.81. The summed E-state index contributed by atoms with van der Waals surface area (Å²) in [4.78, 5) is 10.5. The number of aromatic hydroxyl groups is 1. The molecule has 16 heavy (non-hydrogen) atoms. The predicted octanol–water partition coefficient (Wildman–Crippen LogP) is -2.25. The average molecular weight is 229 g/mol. The number of anilines is 1. The van der Waals surface area contributed by atoms with Gasteiger partial charge in [0.15, 0.2) is 0 Å². The van der Waals surface area contributed by atoms with Crippen LogP contribution in [0.25, 0.3) is 0 Å². The first kappa shape index (κ1) is 15.0. The number of nitrogens with one attached hydrogen (secondary N) is 1. The van der Waals surface area contributed by atoms with Crippen molar-refractivity contribution in [3.05, 3.63) is 35.9 Å². The smallest absolute Gasteiger partial charge is 0.545 e. The molecule has 0 amide bonds. The first-order valence-corrected chi connectivity index (χ1v) is 4.54. The Balaban J connectivity index is 0.00000225. The van der Waals surface area contributed by atoms with E-state index in [1.807, 2.05) is 19.1 Å². The molecule has 1 aromatic rings. The van der Waals surface area contributed by atoms with Gasteiger partial charge in [-0.25, -0.2) is 0 Å². The van der Waals surface area contributed by atoms with Crippen molar-refractivity contribution in [2.24, 2.45) is 0 Å². The molecular formula is C11H12NNaO3. The van der Waals surface area contributed by atoms with Crippen molar-refractivity contribution in [3.63, 3.8) is 0 Å². The van der Waals surface area contributed by atoms with Crippen molar-refractivity contribution in [1.29, 1.82) is 0 Å². The topological polar surface area (TPSA) is 72.4 Å². The van der Waals surface area contributed by atoms with Crippen molar-refractivity contribution in [2.75, 3.05) is 11.9 Å². The summed E-state index contributed by atoms with van der Waals surface area (Å²) in [5.41, 5.74) is 0.460. The Bertz CT molecular complexity index is 391. The summed E-state index contributed by atoms with van der Waals surface area (Å²) < 4.78 is 0. The number of hydrogen-bond donors (Lipinski definition) is 2. The number of phenols is 1. The molecule has 1 rings (SSSR count). The molecule has 5 heteroatoms. The maximum Gasteiger partial charge on any atom is 1.00 e. The molecule has 0 spiro atoms. The van der Waals surface area contributed by atoms with Gasteiger partial charge in [-0.3, -0.25) is 0 Å². The molecule has 0 unspecified atom stereocenters. The standard InChI is InChI=1S/C11H13NO3.Na/c1-2-3-6-12-8-4-5-9(11(14)15)10(13)7-8;/h2-5,7,12-13H,6H2,1H3,(H,14,15);/q;+1/p-1. The van der Waals surface area contributed by atoms with Gasteiger partial charge >= 0.3 is 29.6 Å². The van der Waals surface area contributed by atoms with E-state index in [0.717, 1.165) is 0 Å². The van der Waals surface area contributed by atoms with Gasteiger partial charge in [0.1, 0.15) is 5.75 Å². The Hall–Kier alpha value is -0.970. The number of rotatable bonds is 4. The van der Waals surface area contributed by atoms with Crippen molar-refractivity contribution in [3.8, 4) is 5.75 Å². The van der Waals surface area contributed by atoms with Gasteiger partial charge in [-0.05, 0) is 19.1 Å². The first-order valence-electron chi connectivity index (χ1n) is 4.54. The van der Waals surface area contributed by atoms with Gasteiger partial charge in [0.05, 0.1) is 5.97 Å². The second-order valence-electron chi connectivity index (χ2n) is 2.97. The zero-order valence-corrected chi connectivity index (χ0v) is 11.4. The van der Waals surface area contributed by atoms with Crippen LogP contribution < -0.4 is 40.0 Å². The van der Waals surface area contributed by atoms with Gasteiger partial charge in [-0.15, -0.1) is 0 Å². The summed E-state index contributed by atoms with van der Waals surface area (Å²) in [5, 5.41) is 22.8. The minimum absolute atomic E-state index is 0. The van der Waals surface area contributed by atoms with E-state index < -0.39 is 5.97 Å². The molecule has 0 bridgehead atoms. The molecule has 0 saturated carbocycles. The van der Waals surface area contributed by atoms with Crippen LogP contribution in [0.1, 0.15) is 17.3 Å². The number of allylic oxidation sites excluding steroid dienone is 1. The Morgan fingerprint density at radius 3 is 2.75 bits per heavy atom. The van der Waals surface area contributed by atoms with Gasteiger partial charge in [0.25, 0.3) is 0 Å². The molecule has 1 aromatic carbocycles. The van der Waals surface area contributed by atoms with Gasteiger partial charge < -0.3 is 20.3 Å². The third-order valence-electron chi connectivity index (χ3n) is 1.88. The maximum absolute atomic E-state index is 10.5. The molecule has 80 valence electrons. The number of carbonyl (C=O) groups excluding carboxylic acids is 1. The summed E-state index contributed by atoms with van der Waals surface area (Å²) in [7, 11) is 0. The van der Waals surface area contributed by atoms with Crippen molar-refractivity contribution in [1.82, 2.24) is 0 Å². The number of carbonyl (C=O) groups is 1. The van der Waals surface area contributed by atoms with Gasteiger partial charge in [0, 0.05) is 23.9 Å². The van der Waals surface area contributed by atoms with Crippen molar-refractivity contribution in [2.45, 2.75) is 6.92 Å². The molecule has 0 atom stereocenters. The fourth-order valence-corrected chi connectivity index (χ4v) is 1.11. The predicted molar refractivity (Wildman–Crippen MR) is 55.7 cm³/mol. The van der Waals surface area contributed by atoms with Crippen LogP contribution in [0.5, 0.6) is 5.75 Å². The zero-order chi connectivity index (χ0) is 11.3. The minimum atomic E-state index is -1.38. The summed E-state index contributed by atoms with van der Waals surface area (Å²) in [6.07, 6.45) is 3.80. The number of carboxylic acid groups (broad SMARTS) is 1. The Labute approximate surface area is 116 Å². The minimum Gasteiger partial charge on any atom is -0.545 e. The second-order valence-corrected chi connectivity index (χ2v) is 2.97. The fourth-order valence-electron chi connectivity index (χ4n) is 1.11. The molecule has 0 aliphatic rings. The zero-order valence-electron chi connectivity index (χ0n) is 9.36. The second kappa shape index (κ2) is 7.33. The molecule has 2 N–H and O–H groups in total. The van der Waals surface area contributed by atoms with Crippen molar-refractivity contribution < 1.29 is 44.6 Å². The van der Waals surface area contributed by atoms with E-state index in [0.29, 0.717) is 12.2 Å². The third kappa shape index (κ3) is 4.26. The van der Waals surface area contributed by atoms with Crippen LogP contribution in [0.15, 0.2) is 30.4 Å². The molecule has 0 aliphatic heterocycles. The van der Waals surface area contributed by atoms with Crippen LogP contribution in [0.4, 0.5) is 5.69 Å². The average Bonchev–Trinajstić information content (AvgIpc) is 2.17. The largest absolute Gasteiger partial charge is 1.00 e. The molecule has 0 radical (unpaired) electrons. The number of carboxylic acids is 1. The molecule has 4 nitrogen and oxygen atoms in total. The molecule has 0 fully saturated rings. The quantitative estimate of drug-likeness (QED) is 0.452. The van der Waals surface area contributed by atoms with E-state index in [1.165, 1.54) is 12.1 Å². The van der Waals surface area contributed by atoms with Gasteiger partial charge in [-0.1, -0.05) is 12.2 Å². The van der Waals surface area contributed by atoms with E-state index in [4.69, 9.17) is 0 Å².